The largest absolute Gasteiger partial charge is 0.493 e. The van der Waals surface area contributed by atoms with Crippen LogP contribution in [0, 0.1) is 5.92 Å². The van der Waals surface area contributed by atoms with Gasteiger partial charge in [0.1, 0.15) is 0 Å². The molecule has 5 nitrogen and oxygen atoms in total. The fourth-order valence-electron chi connectivity index (χ4n) is 2.56. The third kappa shape index (κ3) is 4.21. The quantitative estimate of drug-likeness (QED) is 0.670. The molecule has 0 spiro atoms. The first-order valence-corrected chi connectivity index (χ1v) is 7.29. The molecule has 1 fully saturated rings. The molecule has 1 aromatic rings. The van der Waals surface area contributed by atoms with E-state index >= 15 is 0 Å². The summed E-state index contributed by atoms with van der Waals surface area (Å²) in [6.45, 7) is 0. The number of methoxy groups -OCH3 is 2. The van der Waals surface area contributed by atoms with Crippen molar-refractivity contribution in [2.45, 2.75) is 32.1 Å². The van der Waals surface area contributed by atoms with Crippen LogP contribution in [0.5, 0.6) is 11.5 Å². The molecule has 0 radical (unpaired) electrons. The Morgan fingerprint density at radius 2 is 1.90 bits per heavy atom. The van der Waals surface area contributed by atoms with E-state index in [1.807, 2.05) is 18.2 Å². The Hall–Kier alpha value is -2.04. The standard InChI is InChI=1S/C16H22N2O3/c1-20-14-9-8-12(10-15(14)21-2)11-17-18-16(19)13-6-4-3-5-7-13/h8-11,13H,3-7H2,1-2H3,(H,18,19)/b17-11+. The Balaban J connectivity index is 1.93. The van der Waals surface area contributed by atoms with Gasteiger partial charge in [-0.15, -0.1) is 0 Å². The molecule has 0 heterocycles. The first kappa shape index (κ1) is 15.4. The maximum atomic E-state index is 11.9. The summed E-state index contributed by atoms with van der Waals surface area (Å²) in [4.78, 5) is 11.9. The summed E-state index contributed by atoms with van der Waals surface area (Å²) in [5.41, 5.74) is 3.47. The lowest BCUT2D eigenvalue weighted by Crippen LogP contribution is -2.28. The number of ether oxygens (including phenoxy) is 2. The Bertz CT molecular complexity index is 508. The van der Waals surface area contributed by atoms with Gasteiger partial charge in [0.2, 0.25) is 5.91 Å². The van der Waals surface area contributed by atoms with Crippen LogP contribution in [0.15, 0.2) is 23.3 Å². The maximum absolute atomic E-state index is 11.9. The molecule has 21 heavy (non-hydrogen) atoms. The number of benzene rings is 1. The highest BCUT2D eigenvalue weighted by molar-refractivity contribution is 5.84. The van der Waals surface area contributed by atoms with Gasteiger partial charge in [-0.05, 0) is 36.6 Å². The number of nitrogens with zero attached hydrogens (tertiary/aromatic N) is 1. The number of rotatable bonds is 5. The highest BCUT2D eigenvalue weighted by atomic mass is 16.5. The van der Waals surface area contributed by atoms with E-state index in [0.717, 1.165) is 31.2 Å². The molecule has 0 aromatic heterocycles. The molecule has 1 amide bonds. The molecule has 5 heteroatoms. The van der Waals surface area contributed by atoms with Crippen molar-refractivity contribution < 1.29 is 14.3 Å². The predicted molar refractivity (Wildman–Crippen MR) is 81.9 cm³/mol. The maximum Gasteiger partial charge on any atom is 0.243 e. The summed E-state index contributed by atoms with van der Waals surface area (Å²) < 4.78 is 10.4. The number of carbonyl (C=O) groups is 1. The van der Waals surface area contributed by atoms with Crippen LogP contribution in [-0.2, 0) is 4.79 Å². The van der Waals surface area contributed by atoms with E-state index < -0.39 is 0 Å². The van der Waals surface area contributed by atoms with Gasteiger partial charge in [0.25, 0.3) is 0 Å². The molecule has 2 rings (SSSR count). The van der Waals surface area contributed by atoms with Crippen molar-refractivity contribution in [3.8, 4) is 11.5 Å². The predicted octanol–water partition coefficient (Wildman–Crippen LogP) is 2.73. The molecule has 1 N–H and O–H groups in total. The molecule has 1 aromatic carbocycles. The average molecular weight is 290 g/mol. The molecule has 0 saturated heterocycles. The van der Waals surface area contributed by atoms with E-state index in [0.29, 0.717) is 11.5 Å². The fourth-order valence-corrected chi connectivity index (χ4v) is 2.56. The summed E-state index contributed by atoms with van der Waals surface area (Å²) in [6.07, 6.45) is 7.06. The first-order valence-electron chi connectivity index (χ1n) is 7.29. The van der Waals surface area contributed by atoms with Crippen molar-refractivity contribution in [2.75, 3.05) is 14.2 Å². The topological polar surface area (TPSA) is 59.9 Å². The zero-order valence-corrected chi connectivity index (χ0v) is 12.6. The van der Waals surface area contributed by atoms with E-state index in [9.17, 15) is 4.79 Å². The lowest BCUT2D eigenvalue weighted by molar-refractivity contribution is -0.125. The van der Waals surface area contributed by atoms with E-state index in [4.69, 9.17) is 9.47 Å². The molecular formula is C16H22N2O3. The minimum absolute atomic E-state index is 0.0198. The average Bonchev–Trinajstić information content (AvgIpc) is 2.55. The van der Waals surface area contributed by atoms with E-state index in [1.165, 1.54) is 6.42 Å². The van der Waals surface area contributed by atoms with E-state index in [1.54, 1.807) is 20.4 Å². The van der Waals surface area contributed by atoms with Crippen molar-refractivity contribution >= 4 is 12.1 Å². The minimum atomic E-state index is 0.0198. The zero-order chi connectivity index (χ0) is 15.1. The second-order valence-electron chi connectivity index (χ2n) is 5.18. The van der Waals surface area contributed by atoms with E-state index in [2.05, 4.69) is 10.5 Å². The van der Waals surface area contributed by atoms with Crippen LogP contribution in [0.25, 0.3) is 0 Å². The summed E-state index contributed by atoms with van der Waals surface area (Å²) >= 11 is 0. The van der Waals surface area contributed by atoms with Crippen LogP contribution >= 0.6 is 0 Å². The van der Waals surface area contributed by atoms with Crippen molar-refractivity contribution in [2.24, 2.45) is 11.0 Å². The van der Waals surface area contributed by atoms with Gasteiger partial charge < -0.3 is 9.47 Å². The highest BCUT2D eigenvalue weighted by Gasteiger charge is 2.20. The van der Waals surface area contributed by atoms with Crippen LogP contribution in [0.2, 0.25) is 0 Å². The summed E-state index contributed by atoms with van der Waals surface area (Å²) in [7, 11) is 3.18. The van der Waals surface area contributed by atoms with Gasteiger partial charge in [-0.3, -0.25) is 4.79 Å². The molecule has 1 aliphatic rings. The highest BCUT2D eigenvalue weighted by Crippen LogP contribution is 2.27. The summed E-state index contributed by atoms with van der Waals surface area (Å²) in [6, 6.07) is 5.48. The van der Waals surface area contributed by atoms with Crippen LogP contribution < -0.4 is 14.9 Å². The second-order valence-corrected chi connectivity index (χ2v) is 5.18. The van der Waals surface area contributed by atoms with Crippen molar-refractivity contribution in [1.29, 1.82) is 0 Å². The number of hydrazone groups is 1. The monoisotopic (exact) mass is 290 g/mol. The lowest BCUT2D eigenvalue weighted by Gasteiger charge is -2.19. The van der Waals surface area contributed by atoms with Crippen LogP contribution in [0.3, 0.4) is 0 Å². The van der Waals surface area contributed by atoms with Gasteiger partial charge in [-0.1, -0.05) is 19.3 Å². The second kappa shape index (κ2) is 7.67. The Labute approximate surface area is 125 Å². The third-order valence-corrected chi connectivity index (χ3v) is 3.77. The van der Waals surface area contributed by atoms with Gasteiger partial charge in [-0.25, -0.2) is 5.43 Å². The van der Waals surface area contributed by atoms with Gasteiger partial charge >= 0.3 is 0 Å². The molecule has 0 aliphatic heterocycles. The van der Waals surface area contributed by atoms with E-state index in [-0.39, 0.29) is 11.8 Å². The lowest BCUT2D eigenvalue weighted by atomic mass is 9.89. The van der Waals surface area contributed by atoms with Gasteiger partial charge in [0, 0.05) is 5.92 Å². The zero-order valence-electron chi connectivity index (χ0n) is 12.6. The molecule has 0 unspecified atom stereocenters. The van der Waals surface area contributed by atoms with Gasteiger partial charge in [0.15, 0.2) is 11.5 Å². The molecule has 1 aliphatic carbocycles. The Morgan fingerprint density at radius 3 is 2.57 bits per heavy atom. The number of hydrogen-bond donors (Lipinski definition) is 1. The van der Waals surface area contributed by atoms with Crippen LogP contribution in [0.4, 0.5) is 0 Å². The minimum Gasteiger partial charge on any atom is -0.493 e. The molecular weight excluding hydrogens is 268 g/mol. The van der Waals surface area contributed by atoms with Crippen LogP contribution in [0.1, 0.15) is 37.7 Å². The number of carbonyl (C=O) groups excluding carboxylic acids is 1. The normalized spacial score (nSPS) is 15.9. The smallest absolute Gasteiger partial charge is 0.243 e. The van der Waals surface area contributed by atoms with Crippen LogP contribution in [-0.4, -0.2) is 26.3 Å². The van der Waals surface area contributed by atoms with Gasteiger partial charge in [0.05, 0.1) is 20.4 Å². The SMILES string of the molecule is COc1ccc(/C=N/NC(=O)C2CCCCC2)cc1OC. The van der Waals surface area contributed by atoms with Gasteiger partial charge in [-0.2, -0.15) is 5.10 Å². The Morgan fingerprint density at radius 1 is 1.19 bits per heavy atom. The molecule has 1 saturated carbocycles. The first-order chi connectivity index (χ1) is 10.2. The molecule has 0 atom stereocenters. The summed E-state index contributed by atoms with van der Waals surface area (Å²) in [5, 5.41) is 4.03. The molecule has 114 valence electrons. The number of amides is 1. The van der Waals surface area contributed by atoms with Crippen molar-refractivity contribution in [1.82, 2.24) is 5.43 Å². The fraction of sp³-hybridized carbons (Fsp3) is 0.500. The number of hydrogen-bond acceptors (Lipinski definition) is 4. The summed E-state index contributed by atoms with van der Waals surface area (Å²) in [5.74, 6) is 1.44. The molecule has 0 bridgehead atoms. The van der Waals surface area contributed by atoms with Crippen molar-refractivity contribution in [3.05, 3.63) is 23.8 Å². The third-order valence-electron chi connectivity index (χ3n) is 3.77. The number of nitrogens with one attached hydrogen (secondary N) is 1. The van der Waals surface area contributed by atoms with Crippen molar-refractivity contribution in [3.63, 3.8) is 0 Å². The Kier molecular flexibility index (Phi) is 5.60.